The highest BCUT2D eigenvalue weighted by Crippen LogP contribution is 2.43. The Hall–Kier alpha value is -3.57. The molecule has 0 amide bonds. The molecule has 154 valence electrons. The summed E-state index contributed by atoms with van der Waals surface area (Å²) in [4.78, 5) is 11.4. The Labute approximate surface area is 184 Å². The first-order valence-corrected chi connectivity index (χ1v) is 10.6. The van der Waals surface area contributed by atoms with Crippen LogP contribution in [0, 0.1) is 18.8 Å². The zero-order valence-corrected chi connectivity index (χ0v) is 18.4. The molecule has 2 heteroatoms. The molecule has 0 unspecified atom stereocenters. The van der Waals surface area contributed by atoms with Crippen LogP contribution < -0.4 is 0 Å². The highest BCUT2D eigenvalue weighted by atomic mass is 16.4. The fraction of sp³-hybridized carbons (Fsp3) is 0.207. The van der Waals surface area contributed by atoms with Crippen LogP contribution in [0.3, 0.4) is 0 Å². The second-order valence-corrected chi connectivity index (χ2v) is 8.69. The lowest BCUT2D eigenvalue weighted by molar-refractivity contribution is 0.0695. The number of carbonyl (C=O) groups is 1. The molecule has 3 aromatic carbocycles. The molecule has 0 spiro atoms. The average molecular weight is 407 g/mol. The molecule has 4 rings (SSSR count). The molecule has 0 heterocycles. The van der Waals surface area contributed by atoms with Crippen LogP contribution in [0.25, 0.3) is 5.57 Å². The summed E-state index contributed by atoms with van der Waals surface area (Å²) in [6.45, 7) is 8.55. The summed E-state index contributed by atoms with van der Waals surface area (Å²) in [7, 11) is 0. The standard InChI is InChI=1S/C29H26O2/c1-5-22-16-20(10-14-24(22)28(30)31)8-9-21-11-15-27-25(17-21)26(18-29(27,3)4)23-12-6-19(2)7-13-23/h6-7,10-18H,5H2,1-4H3,(H,30,31). The van der Waals surface area contributed by atoms with Crippen LogP contribution in [0.4, 0.5) is 0 Å². The van der Waals surface area contributed by atoms with Gasteiger partial charge in [0.25, 0.3) is 0 Å². The van der Waals surface area contributed by atoms with Crippen molar-refractivity contribution in [2.24, 2.45) is 0 Å². The van der Waals surface area contributed by atoms with Gasteiger partial charge in [0.2, 0.25) is 0 Å². The van der Waals surface area contributed by atoms with E-state index >= 15 is 0 Å². The number of aromatic carboxylic acids is 1. The molecular weight excluding hydrogens is 380 g/mol. The number of hydrogen-bond donors (Lipinski definition) is 1. The zero-order valence-electron chi connectivity index (χ0n) is 18.4. The van der Waals surface area contributed by atoms with Gasteiger partial charge in [-0.15, -0.1) is 0 Å². The van der Waals surface area contributed by atoms with Crippen molar-refractivity contribution in [1.29, 1.82) is 0 Å². The van der Waals surface area contributed by atoms with Crippen molar-refractivity contribution in [3.05, 3.63) is 111 Å². The lowest BCUT2D eigenvalue weighted by Crippen LogP contribution is -2.10. The van der Waals surface area contributed by atoms with Gasteiger partial charge in [0, 0.05) is 16.5 Å². The van der Waals surface area contributed by atoms with Crippen LogP contribution in [-0.2, 0) is 11.8 Å². The number of carboxylic acid groups (broad SMARTS) is 1. The molecule has 31 heavy (non-hydrogen) atoms. The van der Waals surface area contributed by atoms with Crippen molar-refractivity contribution in [1.82, 2.24) is 0 Å². The summed E-state index contributed by atoms with van der Waals surface area (Å²) in [5.74, 6) is 5.59. The smallest absolute Gasteiger partial charge is 0.335 e. The van der Waals surface area contributed by atoms with Gasteiger partial charge >= 0.3 is 5.97 Å². The Morgan fingerprint density at radius 1 is 0.935 bits per heavy atom. The number of carboxylic acids is 1. The lowest BCUT2D eigenvalue weighted by Gasteiger charge is -2.17. The van der Waals surface area contributed by atoms with E-state index < -0.39 is 5.97 Å². The van der Waals surface area contributed by atoms with Crippen LogP contribution in [-0.4, -0.2) is 11.1 Å². The summed E-state index contributed by atoms with van der Waals surface area (Å²) >= 11 is 0. The van der Waals surface area contributed by atoms with E-state index in [4.69, 9.17) is 0 Å². The largest absolute Gasteiger partial charge is 0.478 e. The number of benzene rings is 3. The van der Waals surface area contributed by atoms with E-state index in [1.807, 2.05) is 13.0 Å². The third kappa shape index (κ3) is 4.05. The third-order valence-corrected chi connectivity index (χ3v) is 5.94. The minimum Gasteiger partial charge on any atom is -0.478 e. The summed E-state index contributed by atoms with van der Waals surface area (Å²) in [5.41, 5.74) is 9.18. The molecular formula is C29H26O2. The fourth-order valence-corrected chi connectivity index (χ4v) is 4.21. The molecule has 0 bridgehead atoms. The quantitative estimate of drug-likeness (QED) is 0.513. The first-order valence-electron chi connectivity index (χ1n) is 10.6. The number of fused-ring (bicyclic) bond motifs is 1. The first-order chi connectivity index (χ1) is 14.8. The molecule has 0 atom stereocenters. The predicted octanol–water partition coefficient (Wildman–Crippen LogP) is 6.38. The molecule has 0 fully saturated rings. The van der Waals surface area contributed by atoms with E-state index in [2.05, 4.69) is 81.2 Å². The van der Waals surface area contributed by atoms with Crippen LogP contribution >= 0.6 is 0 Å². The van der Waals surface area contributed by atoms with Gasteiger partial charge in [-0.3, -0.25) is 0 Å². The topological polar surface area (TPSA) is 37.3 Å². The van der Waals surface area contributed by atoms with Crippen LogP contribution in [0.15, 0.2) is 66.7 Å². The summed E-state index contributed by atoms with van der Waals surface area (Å²) in [5, 5.41) is 9.32. The van der Waals surface area contributed by atoms with Crippen molar-refractivity contribution in [2.45, 2.75) is 39.5 Å². The maximum absolute atomic E-state index is 11.4. The number of rotatable bonds is 3. The maximum atomic E-state index is 11.4. The molecule has 0 aromatic heterocycles. The Kier molecular flexibility index (Phi) is 5.29. The second kappa shape index (κ2) is 7.93. The average Bonchev–Trinajstić information content (AvgIpc) is 3.02. The van der Waals surface area contributed by atoms with Crippen LogP contribution in [0.5, 0.6) is 0 Å². The van der Waals surface area contributed by atoms with E-state index in [1.165, 1.54) is 27.8 Å². The normalized spacial score (nSPS) is 13.7. The van der Waals surface area contributed by atoms with E-state index in [0.717, 1.165) is 16.7 Å². The van der Waals surface area contributed by atoms with Gasteiger partial charge in [-0.1, -0.05) is 74.6 Å². The van der Waals surface area contributed by atoms with E-state index in [9.17, 15) is 9.90 Å². The molecule has 0 radical (unpaired) electrons. The Morgan fingerprint density at radius 2 is 1.58 bits per heavy atom. The van der Waals surface area contributed by atoms with Crippen molar-refractivity contribution >= 4 is 11.5 Å². The first kappa shape index (κ1) is 20.7. The van der Waals surface area contributed by atoms with E-state index in [1.54, 1.807) is 12.1 Å². The Balaban J connectivity index is 1.72. The minimum absolute atomic E-state index is 0.0236. The second-order valence-electron chi connectivity index (χ2n) is 8.69. The van der Waals surface area contributed by atoms with Gasteiger partial charge in [-0.2, -0.15) is 0 Å². The minimum atomic E-state index is -0.895. The maximum Gasteiger partial charge on any atom is 0.335 e. The lowest BCUT2D eigenvalue weighted by atomic mass is 9.86. The highest BCUT2D eigenvalue weighted by molar-refractivity contribution is 5.90. The summed E-state index contributed by atoms with van der Waals surface area (Å²) in [6.07, 6.45) is 3.01. The molecule has 1 N–H and O–H groups in total. The molecule has 0 saturated carbocycles. The Morgan fingerprint density at radius 3 is 2.23 bits per heavy atom. The fourth-order valence-electron chi connectivity index (χ4n) is 4.21. The Bertz CT molecular complexity index is 1260. The van der Waals surface area contributed by atoms with Crippen LogP contribution in [0.1, 0.15) is 70.1 Å². The van der Waals surface area contributed by atoms with Gasteiger partial charge in [-0.25, -0.2) is 4.79 Å². The van der Waals surface area contributed by atoms with Crippen molar-refractivity contribution in [3.8, 4) is 11.8 Å². The SMILES string of the molecule is CCc1cc(C#Cc2ccc3c(c2)C(c2ccc(C)cc2)=CC3(C)C)ccc1C(=O)O. The van der Waals surface area contributed by atoms with Crippen LogP contribution in [0.2, 0.25) is 0 Å². The van der Waals surface area contributed by atoms with Crippen molar-refractivity contribution in [3.63, 3.8) is 0 Å². The molecule has 3 aromatic rings. The molecule has 1 aliphatic carbocycles. The predicted molar refractivity (Wildman–Crippen MR) is 126 cm³/mol. The summed E-state index contributed by atoms with van der Waals surface area (Å²) in [6, 6.07) is 20.4. The number of hydrogen-bond acceptors (Lipinski definition) is 1. The monoisotopic (exact) mass is 406 g/mol. The molecule has 1 aliphatic rings. The molecule has 0 aliphatic heterocycles. The third-order valence-electron chi connectivity index (χ3n) is 5.94. The van der Waals surface area contributed by atoms with Gasteiger partial charge in [0.15, 0.2) is 0 Å². The molecule has 0 saturated heterocycles. The van der Waals surface area contributed by atoms with Crippen molar-refractivity contribution < 1.29 is 9.90 Å². The highest BCUT2D eigenvalue weighted by Gasteiger charge is 2.30. The van der Waals surface area contributed by atoms with Crippen molar-refractivity contribution in [2.75, 3.05) is 0 Å². The number of aryl methyl sites for hydroxylation is 2. The van der Waals surface area contributed by atoms with Gasteiger partial charge in [0.1, 0.15) is 0 Å². The summed E-state index contributed by atoms with van der Waals surface area (Å²) < 4.78 is 0. The van der Waals surface area contributed by atoms with E-state index in [0.29, 0.717) is 12.0 Å². The van der Waals surface area contributed by atoms with E-state index in [-0.39, 0.29) is 5.41 Å². The van der Waals surface area contributed by atoms with Gasteiger partial charge < -0.3 is 5.11 Å². The number of allylic oxidation sites excluding steroid dienone is 1. The van der Waals surface area contributed by atoms with Gasteiger partial charge in [-0.05, 0) is 71.5 Å². The zero-order chi connectivity index (χ0) is 22.2. The molecule has 2 nitrogen and oxygen atoms in total. The van der Waals surface area contributed by atoms with Gasteiger partial charge in [0.05, 0.1) is 5.56 Å².